The maximum Gasteiger partial charge on any atom is 0.114 e. The molecule has 0 aliphatic rings. The van der Waals surface area contributed by atoms with Gasteiger partial charge in [0.05, 0.1) is 5.66 Å². The summed E-state index contributed by atoms with van der Waals surface area (Å²) in [4.78, 5) is 0. The van der Waals surface area contributed by atoms with E-state index in [1.165, 1.54) is 5.20 Å². The molecule has 0 unspecified atom stereocenters. The first-order chi connectivity index (χ1) is 9.68. The first-order valence-corrected chi connectivity index (χ1v) is 23.7. The quantitative estimate of drug-likeness (QED) is 0.454. The first-order valence-electron chi connectivity index (χ1n) is 8.95. The molecule has 0 aromatic rings. The zero-order valence-electron chi connectivity index (χ0n) is 18.6. The molecule has 7 heteroatoms. The summed E-state index contributed by atoms with van der Waals surface area (Å²) in [6.45, 7) is 37.5. The SMILES string of the molecule is C=C([SiH3])C(C)(N([Si](C)(C)C)[Si](C)(C)C)N([Si](C)(C)C)[Si](C)(C)C. The van der Waals surface area contributed by atoms with Gasteiger partial charge >= 0.3 is 0 Å². The molecule has 0 aliphatic heterocycles. The summed E-state index contributed by atoms with van der Waals surface area (Å²) >= 11 is 0. The van der Waals surface area contributed by atoms with Crippen molar-refractivity contribution in [3.63, 3.8) is 0 Å². The van der Waals surface area contributed by atoms with Crippen LogP contribution >= 0.6 is 0 Å². The van der Waals surface area contributed by atoms with Crippen LogP contribution in [-0.2, 0) is 0 Å². The van der Waals surface area contributed by atoms with Crippen molar-refractivity contribution in [2.45, 2.75) is 91.2 Å². The van der Waals surface area contributed by atoms with Gasteiger partial charge in [-0.05, 0) is 6.92 Å². The number of hydrogen-bond donors (Lipinski definition) is 0. The maximum absolute atomic E-state index is 4.59. The topological polar surface area (TPSA) is 6.48 Å². The highest BCUT2D eigenvalue weighted by atomic mass is 28.4. The van der Waals surface area contributed by atoms with Gasteiger partial charge in [0.25, 0.3) is 0 Å². The van der Waals surface area contributed by atoms with Crippen molar-refractivity contribution in [3.05, 3.63) is 11.8 Å². The first kappa shape index (κ1) is 23.7. The van der Waals surface area contributed by atoms with Gasteiger partial charge in [-0.15, -0.1) is 6.58 Å². The highest BCUT2D eigenvalue weighted by Crippen LogP contribution is 2.41. The van der Waals surface area contributed by atoms with Gasteiger partial charge < -0.3 is 8.46 Å². The van der Waals surface area contributed by atoms with E-state index in [4.69, 9.17) is 0 Å². The van der Waals surface area contributed by atoms with E-state index < -0.39 is 32.9 Å². The maximum atomic E-state index is 4.59. The number of rotatable bonds is 7. The third-order valence-corrected chi connectivity index (χ3v) is 20.5. The third kappa shape index (κ3) is 5.36. The molecule has 138 valence electrons. The summed E-state index contributed by atoms with van der Waals surface area (Å²) in [5.41, 5.74) is 0.0517. The lowest BCUT2D eigenvalue weighted by molar-refractivity contribution is 0.224. The fourth-order valence-corrected chi connectivity index (χ4v) is 29.3. The van der Waals surface area contributed by atoms with Crippen LogP contribution in [-0.4, -0.2) is 57.3 Å². The lowest BCUT2D eigenvalue weighted by Gasteiger charge is -2.65. The number of nitrogens with zero attached hydrogens (tertiary/aromatic N) is 2. The Morgan fingerprint density at radius 2 is 0.826 bits per heavy atom. The van der Waals surface area contributed by atoms with Gasteiger partial charge in [-0.25, -0.2) is 0 Å². The molecule has 0 radical (unpaired) electrons. The number of hydrogen-bond acceptors (Lipinski definition) is 2. The van der Waals surface area contributed by atoms with Crippen molar-refractivity contribution < 1.29 is 0 Å². The van der Waals surface area contributed by atoms with Gasteiger partial charge in [0.15, 0.2) is 0 Å². The van der Waals surface area contributed by atoms with Crippen LogP contribution in [0, 0.1) is 0 Å². The Balaban J connectivity index is 6.76. The van der Waals surface area contributed by atoms with Crippen molar-refractivity contribution in [1.82, 2.24) is 8.46 Å². The average Bonchev–Trinajstić information content (AvgIpc) is 2.05. The van der Waals surface area contributed by atoms with Gasteiger partial charge in [-0.2, -0.15) is 0 Å². The Morgan fingerprint density at radius 3 is 0.913 bits per heavy atom. The fraction of sp³-hybridized carbons (Fsp3) is 0.875. The third-order valence-electron chi connectivity index (χ3n) is 4.36. The van der Waals surface area contributed by atoms with Crippen LogP contribution in [0.15, 0.2) is 11.8 Å². The molecule has 0 atom stereocenters. The summed E-state index contributed by atoms with van der Waals surface area (Å²) in [5, 5.41) is 1.46. The van der Waals surface area contributed by atoms with Crippen molar-refractivity contribution in [2.24, 2.45) is 0 Å². The van der Waals surface area contributed by atoms with Crippen LogP contribution < -0.4 is 0 Å². The molecule has 0 rings (SSSR count). The molecule has 0 amide bonds. The smallest absolute Gasteiger partial charge is 0.114 e. The Bertz CT molecular complexity index is 375. The van der Waals surface area contributed by atoms with Gasteiger partial charge in [0.2, 0.25) is 0 Å². The van der Waals surface area contributed by atoms with Crippen LogP contribution in [0.5, 0.6) is 0 Å². The van der Waals surface area contributed by atoms with E-state index in [2.05, 4.69) is 101 Å². The van der Waals surface area contributed by atoms with Crippen molar-refractivity contribution in [3.8, 4) is 0 Å². The predicted molar refractivity (Wildman–Crippen MR) is 125 cm³/mol. The predicted octanol–water partition coefficient (Wildman–Crippen LogP) is 4.53. The van der Waals surface area contributed by atoms with E-state index >= 15 is 0 Å². The molecule has 0 saturated carbocycles. The van der Waals surface area contributed by atoms with E-state index in [-0.39, 0.29) is 5.66 Å². The summed E-state index contributed by atoms with van der Waals surface area (Å²) in [6.07, 6.45) is 0. The summed E-state index contributed by atoms with van der Waals surface area (Å²) < 4.78 is 6.03. The van der Waals surface area contributed by atoms with Crippen LogP contribution in [0.2, 0.25) is 78.6 Å². The minimum atomic E-state index is -1.48. The van der Waals surface area contributed by atoms with Gasteiger partial charge in [0.1, 0.15) is 32.9 Å². The Morgan fingerprint density at radius 1 is 0.652 bits per heavy atom. The van der Waals surface area contributed by atoms with E-state index in [0.717, 1.165) is 10.2 Å². The molecule has 0 aliphatic carbocycles. The molecule has 0 bridgehead atoms. The zero-order chi connectivity index (χ0) is 19.2. The summed E-state index contributed by atoms with van der Waals surface area (Å²) in [6, 6.07) is 0. The standard InChI is InChI=1S/C16H44N2Si5/c1-15(19)16(2,17(20(3,4)5)21(6,7)8)18(22(9,10)11)23(12,13)14/h1H2,2-14,19H3. The molecule has 0 fully saturated rings. The van der Waals surface area contributed by atoms with Gasteiger partial charge in [-0.3, -0.25) is 0 Å². The van der Waals surface area contributed by atoms with Crippen LogP contribution in [0.4, 0.5) is 0 Å². The molecule has 23 heavy (non-hydrogen) atoms. The minimum absolute atomic E-state index is 0.0517. The Labute approximate surface area is 154 Å². The highest BCUT2D eigenvalue weighted by Gasteiger charge is 2.54. The lowest BCUT2D eigenvalue weighted by atomic mass is 10.2. The van der Waals surface area contributed by atoms with Crippen molar-refractivity contribution in [2.75, 3.05) is 0 Å². The molecule has 0 aromatic carbocycles. The van der Waals surface area contributed by atoms with E-state index in [0.29, 0.717) is 0 Å². The normalized spacial score (nSPS) is 15.6. The van der Waals surface area contributed by atoms with Gasteiger partial charge in [0, 0.05) is 10.2 Å². The lowest BCUT2D eigenvalue weighted by Crippen LogP contribution is -2.80. The second-order valence-electron chi connectivity index (χ2n) is 11.2. The van der Waals surface area contributed by atoms with Crippen molar-refractivity contribution in [1.29, 1.82) is 0 Å². The Hall–Kier alpha value is 0.744. The molecule has 0 saturated heterocycles. The highest BCUT2D eigenvalue weighted by molar-refractivity contribution is 6.92. The molecule has 0 spiro atoms. The summed E-state index contributed by atoms with van der Waals surface area (Å²) in [7, 11) is -4.86. The van der Waals surface area contributed by atoms with E-state index in [1.807, 2.05) is 0 Å². The van der Waals surface area contributed by atoms with Crippen LogP contribution in [0.3, 0.4) is 0 Å². The molecular weight excluding hydrogens is 361 g/mol. The molecule has 2 nitrogen and oxygen atoms in total. The van der Waals surface area contributed by atoms with Crippen molar-refractivity contribution >= 4 is 43.2 Å². The van der Waals surface area contributed by atoms with Crippen LogP contribution in [0.1, 0.15) is 6.92 Å². The van der Waals surface area contributed by atoms with Crippen LogP contribution in [0.25, 0.3) is 0 Å². The van der Waals surface area contributed by atoms with E-state index in [9.17, 15) is 0 Å². The monoisotopic (exact) mass is 404 g/mol. The molecule has 0 heterocycles. The average molecular weight is 405 g/mol. The zero-order valence-corrected chi connectivity index (χ0v) is 24.6. The van der Waals surface area contributed by atoms with E-state index in [1.54, 1.807) is 0 Å². The molecule has 0 N–H and O–H groups in total. The summed E-state index contributed by atoms with van der Waals surface area (Å²) in [5.74, 6) is 0. The fourth-order valence-electron chi connectivity index (χ4n) is 5.11. The Kier molecular flexibility index (Phi) is 7.03. The van der Waals surface area contributed by atoms with Gasteiger partial charge in [-0.1, -0.05) is 83.8 Å². The second kappa shape index (κ2) is 6.81. The largest absolute Gasteiger partial charge is 0.326 e. The molecular formula is C16H44N2Si5. The minimum Gasteiger partial charge on any atom is -0.326 e. The molecule has 0 aromatic heterocycles. The second-order valence-corrected chi connectivity index (χ2v) is 32.4.